The Balaban J connectivity index is 1.95. The van der Waals surface area contributed by atoms with Crippen LogP contribution in [0, 0.1) is 13.8 Å². The molecule has 0 spiro atoms. The van der Waals surface area contributed by atoms with Gasteiger partial charge in [0.25, 0.3) is 0 Å². The molecule has 1 heterocycles. The zero-order chi connectivity index (χ0) is 15.2. The minimum absolute atomic E-state index is 0.474. The highest BCUT2D eigenvalue weighted by Crippen LogP contribution is 2.12. The topological polar surface area (TPSA) is 41.4 Å². The third kappa shape index (κ3) is 3.92. The van der Waals surface area contributed by atoms with Crippen molar-refractivity contribution in [3.8, 4) is 0 Å². The van der Waals surface area contributed by atoms with Crippen LogP contribution in [-0.2, 0) is 6.54 Å². The van der Waals surface area contributed by atoms with Crippen LogP contribution >= 0.6 is 12.2 Å². The minimum Gasteiger partial charge on any atom is -0.349 e. The Morgan fingerprint density at radius 3 is 2.62 bits per heavy atom. The van der Waals surface area contributed by atoms with E-state index in [0.29, 0.717) is 5.11 Å². The van der Waals surface area contributed by atoms with Crippen LogP contribution in [0.15, 0.2) is 41.5 Å². The first-order valence-corrected chi connectivity index (χ1v) is 7.34. The molecule has 0 unspecified atom stereocenters. The van der Waals surface area contributed by atoms with Gasteiger partial charge in [0.2, 0.25) is 0 Å². The summed E-state index contributed by atoms with van der Waals surface area (Å²) in [5.74, 6) is 0. The molecule has 2 N–H and O–H groups in total. The summed E-state index contributed by atoms with van der Waals surface area (Å²) < 4.78 is 2.25. The number of thiocarbonyl (C=S) groups is 1. The van der Waals surface area contributed by atoms with Crippen LogP contribution in [0.3, 0.4) is 0 Å². The van der Waals surface area contributed by atoms with E-state index in [9.17, 15) is 0 Å². The van der Waals surface area contributed by atoms with Gasteiger partial charge in [-0.25, -0.2) is 0 Å². The third-order valence-electron chi connectivity index (χ3n) is 3.33. The Morgan fingerprint density at radius 2 is 2.00 bits per heavy atom. The first kappa shape index (κ1) is 15.3. The summed E-state index contributed by atoms with van der Waals surface area (Å²) in [6.45, 7) is 7.30. The van der Waals surface area contributed by atoms with Crippen LogP contribution in [0.25, 0.3) is 0 Å². The lowest BCUT2D eigenvalue weighted by Crippen LogP contribution is -2.23. The van der Waals surface area contributed by atoms with Crippen LogP contribution in [0.4, 0.5) is 5.69 Å². The quantitative estimate of drug-likeness (QED) is 0.516. The molecule has 0 aliphatic rings. The number of nitrogens with zero attached hydrogens (tertiary/aromatic N) is 2. The maximum Gasteiger partial charge on any atom is 0.191 e. The normalized spacial score (nSPS) is 10.8. The summed E-state index contributed by atoms with van der Waals surface area (Å²) in [4.78, 5) is 0. The molecule has 0 aliphatic heterocycles. The number of benzene rings is 1. The monoisotopic (exact) mass is 300 g/mol. The number of hydrazone groups is 1. The van der Waals surface area contributed by atoms with E-state index in [1.165, 1.54) is 11.4 Å². The number of rotatable bonds is 4. The summed E-state index contributed by atoms with van der Waals surface area (Å²) in [6, 6.07) is 11.9. The van der Waals surface area contributed by atoms with Crippen molar-refractivity contribution in [1.82, 2.24) is 9.99 Å². The second-order valence-corrected chi connectivity index (χ2v) is 5.17. The van der Waals surface area contributed by atoms with Crippen LogP contribution < -0.4 is 10.7 Å². The smallest absolute Gasteiger partial charge is 0.191 e. The molecule has 2 rings (SSSR count). The second kappa shape index (κ2) is 7.04. The van der Waals surface area contributed by atoms with Crippen LogP contribution in [0.2, 0.25) is 0 Å². The summed E-state index contributed by atoms with van der Waals surface area (Å²) in [5, 5.41) is 7.74. The molecule has 110 valence electrons. The molecule has 21 heavy (non-hydrogen) atoms. The SMILES string of the molecule is CCn1c(C)cc(/C=N/NC(=S)Nc2ccccc2)c1C. The van der Waals surface area contributed by atoms with E-state index in [-0.39, 0.29) is 0 Å². The summed E-state index contributed by atoms with van der Waals surface area (Å²) in [7, 11) is 0. The van der Waals surface area contributed by atoms with E-state index in [1.807, 2.05) is 30.3 Å². The van der Waals surface area contributed by atoms with Crippen LogP contribution in [-0.4, -0.2) is 15.9 Å². The Hall–Kier alpha value is -2.14. The van der Waals surface area contributed by atoms with Crippen LogP contribution in [0.1, 0.15) is 23.9 Å². The largest absolute Gasteiger partial charge is 0.349 e. The van der Waals surface area contributed by atoms with E-state index in [4.69, 9.17) is 12.2 Å². The molecule has 0 aliphatic carbocycles. The maximum absolute atomic E-state index is 5.20. The number of nitrogens with one attached hydrogen (secondary N) is 2. The number of hydrogen-bond acceptors (Lipinski definition) is 2. The van der Waals surface area contributed by atoms with Crippen molar-refractivity contribution in [2.45, 2.75) is 27.3 Å². The molecule has 0 bridgehead atoms. The van der Waals surface area contributed by atoms with Gasteiger partial charge in [0.05, 0.1) is 6.21 Å². The number of para-hydroxylation sites is 1. The molecule has 4 nitrogen and oxygen atoms in total. The fourth-order valence-electron chi connectivity index (χ4n) is 2.29. The fourth-order valence-corrected chi connectivity index (χ4v) is 2.46. The number of anilines is 1. The van der Waals surface area contributed by atoms with E-state index >= 15 is 0 Å². The lowest BCUT2D eigenvalue weighted by atomic mass is 10.3. The average Bonchev–Trinajstić information content (AvgIpc) is 2.74. The molecule has 0 amide bonds. The van der Waals surface area contributed by atoms with E-state index in [2.05, 4.69) is 47.2 Å². The summed E-state index contributed by atoms with van der Waals surface area (Å²) >= 11 is 5.20. The molecule has 0 saturated carbocycles. The van der Waals surface area contributed by atoms with Crippen molar-refractivity contribution in [1.29, 1.82) is 0 Å². The lowest BCUT2D eigenvalue weighted by Gasteiger charge is -2.06. The third-order valence-corrected chi connectivity index (χ3v) is 3.52. The molecule has 0 fully saturated rings. The zero-order valence-corrected chi connectivity index (χ0v) is 13.4. The van der Waals surface area contributed by atoms with Crippen molar-refractivity contribution in [2.75, 3.05) is 5.32 Å². The molecule has 1 aromatic heterocycles. The molecule has 2 aromatic rings. The van der Waals surface area contributed by atoms with Gasteiger partial charge in [0.15, 0.2) is 5.11 Å². The van der Waals surface area contributed by atoms with Gasteiger partial charge in [-0.1, -0.05) is 18.2 Å². The molecular formula is C16H20N4S. The molecule has 5 heteroatoms. The molecule has 0 atom stereocenters. The average molecular weight is 300 g/mol. The van der Waals surface area contributed by atoms with Crippen molar-refractivity contribution < 1.29 is 0 Å². The minimum atomic E-state index is 0.474. The first-order chi connectivity index (χ1) is 10.1. The van der Waals surface area contributed by atoms with Gasteiger partial charge in [0.1, 0.15) is 0 Å². The summed E-state index contributed by atoms with van der Waals surface area (Å²) in [5.41, 5.74) is 7.32. The predicted octanol–water partition coefficient (Wildman–Crippen LogP) is 3.45. The fraction of sp³-hybridized carbons (Fsp3) is 0.250. The van der Waals surface area contributed by atoms with Crippen molar-refractivity contribution in [3.05, 3.63) is 53.3 Å². The molecule has 1 aromatic carbocycles. The van der Waals surface area contributed by atoms with Gasteiger partial charge < -0.3 is 9.88 Å². The van der Waals surface area contributed by atoms with Gasteiger partial charge in [-0.05, 0) is 51.2 Å². The predicted molar refractivity (Wildman–Crippen MR) is 93.0 cm³/mol. The Morgan fingerprint density at radius 1 is 1.29 bits per heavy atom. The van der Waals surface area contributed by atoms with Crippen molar-refractivity contribution in [2.24, 2.45) is 5.10 Å². The van der Waals surface area contributed by atoms with Crippen LogP contribution in [0.5, 0.6) is 0 Å². The standard InChI is InChI=1S/C16H20N4S/c1-4-20-12(2)10-14(13(20)3)11-17-19-16(21)18-15-8-6-5-7-9-15/h5-11H,4H2,1-3H3,(H2,18,19,21)/b17-11+. The Labute approximate surface area is 130 Å². The highest BCUT2D eigenvalue weighted by molar-refractivity contribution is 7.80. The highest BCUT2D eigenvalue weighted by Gasteiger charge is 2.05. The Bertz CT molecular complexity index is 644. The van der Waals surface area contributed by atoms with E-state index in [1.54, 1.807) is 6.21 Å². The van der Waals surface area contributed by atoms with Gasteiger partial charge in [-0.3, -0.25) is 5.43 Å². The number of hydrogen-bond donors (Lipinski definition) is 2. The molecule has 0 radical (unpaired) electrons. The highest BCUT2D eigenvalue weighted by atomic mass is 32.1. The number of aryl methyl sites for hydroxylation is 1. The molecular weight excluding hydrogens is 280 g/mol. The van der Waals surface area contributed by atoms with Gasteiger partial charge in [-0.2, -0.15) is 5.10 Å². The van der Waals surface area contributed by atoms with E-state index < -0.39 is 0 Å². The van der Waals surface area contributed by atoms with Crippen molar-refractivity contribution >= 4 is 29.2 Å². The van der Waals surface area contributed by atoms with Crippen molar-refractivity contribution in [3.63, 3.8) is 0 Å². The summed E-state index contributed by atoms with van der Waals surface area (Å²) in [6.07, 6.45) is 1.80. The number of aromatic nitrogens is 1. The van der Waals surface area contributed by atoms with Gasteiger partial charge >= 0.3 is 0 Å². The maximum atomic E-state index is 5.20. The zero-order valence-electron chi connectivity index (χ0n) is 12.6. The Kier molecular flexibility index (Phi) is 5.11. The van der Waals surface area contributed by atoms with Gasteiger partial charge in [0, 0.05) is 29.2 Å². The second-order valence-electron chi connectivity index (χ2n) is 4.76. The first-order valence-electron chi connectivity index (χ1n) is 6.93. The van der Waals surface area contributed by atoms with Gasteiger partial charge in [-0.15, -0.1) is 0 Å². The lowest BCUT2D eigenvalue weighted by molar-refractivity contribution is 0.718. The molecule has 0 saturated heterocycles. The van der Waals surface area contributed by atoms with E-state index in [0.717, 1.165) is 17.8 Å².